The quantitative estimate of drug-likeness (QED) is 0.642. The Morgan fingerprint density at radius 1 is 1.39 bits per heavy atom. The van der Waals surface area contributed by atoms with Crippen molar-refractivity contribution >= 4 is 34.6 Å². The van der Waals surface area contributed by atoms with E-state index in [9.17, 15) is 9.90 Å². The number of amides is 1. The lowest BCUT2D eigenvalue weighted by atomic mass is 9.93. The summed E-state index contributed by atoms with van der Waals surface area (Å²) in [6.07, 6.45) is 6.18. The van der Waals surface area contributed by atoms with Crippen LogP contribution in [0.1, 0.15) is 31.4 Å². The van der Waals surface area contributed by atoms with Crippen molar-refractivity contribution < 1.29 is 14.3 Å². The summed E-state index contributed by atoms with van der Waals surface area (Å²) >= 11 is 2.08. The minimum atomic E-state index is -0.195. The smallest absolute Gasteiger partial charge is 0.244 e. The molecule has 1 amide bonds. The van der Waals surface area contributed by atoms with Crippen LogP contribution in [0.4, 0.5) is 0 Å². The van der Waals surface area contributed by atoms with Crippen LogP contribution in [0.25, 0.3) is 6.08 Å². The van der Waals surface area contributed by atoms with Gasteiger partial charge in [-0.15, -0.1) is 0 Å². The zero-order valence-corrected chi connectivity index (χ0v) is 12.1. The van der Waals surface area contributed by atoms with Crippen molar-refractivity contribution in [1.82, 2.24) is 5.32 Å². The summed E-state index contributed by atoms with van der Waals surface area (Å²) in [5, 5.41) is 12.3. The molecule has 5 heteroatoms. The van der Waals surface area contributed by atoms with E-state index in [-0.39, 0.29) is 18.1 Å². The molecule has 1 aliphatic carbocycles. The standard InChI is InChI=1S/C13H16INO3/c14-12-7-5-11(18-12)6-8-13(17)15-9-1-3-10(16)4-2-9/h5-10,16H,1-4H2,(H,15,17)/b8-6+. The lowest BCUT2D eigenvalue weighted by Gasteiger charge is -2.25. The van der Waals surface area contributed by atoms with Crippen molar-refractivity contribution in [2.75, 3.05) is 0 Å². The van der Waals surface area contributed by atoms with Gasteiger partial charge in [-0.25, -0.2) is 0 Å². The van der Waals surface area contributed by atoms with E-state index < -0.39 is 0 Å². The van der Waals surface area contributed by atoms with Gasteiger partial charge in [-0.1, -0.05) is 0 Å². The molecular weight excluding hydrogens is 345 g/mol. The van der Waals surface area contributed by atoms with Crippen LogP contribution in [0.5, 0.6) is 0 Å². The van der Waals surface area contributed by atoms with E-state index in [2.05, 4.69) is 27.9 Å². The number of furan rings is 1. The van der Waals surface area contributed by atoms with Crippen LogP contribution in [-0.2, 0) is 4.79 Å². The van der Waals surface area contributed by atoms with E-state index in [4.69, 9.17) is 4.42 Å². The molecule has 1 aliphatic rings. The third kappa shape index (κ3) is 4.13. The molecule has 0 atom stereocenters. The topological polar surface area (TPSA) is 62.5 Å². The fourth-order valence-corrected chi connectivity index (χ4v) is 2.48. The molecule has 1 saturated carbocycles. The second-order valence-corrected chi connectivity index (χ2v) is 5.55. The highest BCUT2D eigenvalue weighted by Gasteiger charge is 2.19. The summed E-state index contributed by atoms with van der Waals surface area (Å²) in [5.74, 6) is 0.566. The predicted octanol–water partition coefficient (Wildman–Crippen LogP) is 2.32. The largest absolute Gasteiger partial charge is 0.451 e. The Balaban J connectivity index is 1.80. The summed E-state index contributed by atoms with van der Waals surface area (Å²) in [7, 11) is 0. The number of hydrogen-bond acceptors (Lipinski definition) is 3. The van der Waals surface area contributed by atoms with Crippen LogP contribution < -0.4 is 5.32 Å². The first-order valence-corrected chi connectivity index (χ1v) is 7.13. The molecule has 2 N–H and O–H groups in total. The molecule has 1 aromatic heterocycles. The highest BCUT2D eigenvalue weighted by molar-refractivity contribution is 14.1. The predicted molar refractivity (Wildman–Crippen MR) is 76.9 cm³/mol. The number of carbonyl (C=O) groups excluding carboxylic acids is 1. The number of carbonyl (C=O) groups is 1. The van der Waals surface area contributed by atoms with E-state index in [1.807, 2.05) is 12.1 Å². The van der Waals surface area contributed by atoms with Crippen molar-refractivity contribution in [2.45, 2.75) is 37.8 Å². The molecular formula is C13H16INO3. The van der Waals surface area contributed by atoms with E-state index in [1.54, 1.807) is 6.08 Å². The molecule has 0 unspecified atom stereocenters. The van der Waals surface area contributed by atoms with Crippen LogP contribution in [0.3, 0.4) is 0 Å². The number of aliphatic hydroxyl groups is 1. The normalized spacial score (nSPS) is 24.3. The summed E-state index contributed by atoms with van der Waals surface area (Å²) in [6.45, 7) is 0. The van der Waals surface area contributed by atoms with Gasteiger partial charge in [-0.05, 0) is 66.5 Å². The Bertz CT molecular complexity index is 433. The van der Waals surface area contributed by atoms with Gasteiger partial charge < -0.3 is 14.8 Å². The Morgan fingerprint density at radius 3 is 2.72 bits per heavy atom. The van der Waals surface area contributed by atoms with Gasteiger partial charge >= 0.3 is 0 Å². The molecule has 0 radical (unpaired) electrons. The highest BCUT2D eigenvalue weighted by Crippen LogP contribution is 2.18. The lowest BCUT2D eigenvalue weighted by Crippen LogP contribution is -2.37. The van der Waals surface area contributed by atoms with Crippen molar-refractivity contribution in [3.8, 4) is 0 Å². The Labute approximate surface area is 120 Å². The Kier molecular flexibility index (Phi) is 4.82. The minimum Gasteiger partial charge on any atom is -0.451 e. The van der Waals surface area contributed by atoms with Gasteiger partial charge in [-0.3, -0.25) is 4.79 Å². The average molecular weight is 361 g/mol. The molecule has 0 saturated heterocycles. The maximum Gasteiger partial charge on any atom is 0.244 e. The van der Waals surface area contributed by atoms with Crippen LogP contribution in [0, 0.1) is 3.77 Å². The maximum atomic E-state index is 11.7. The van der Waals surface area contributed by atoms with E-state index >= 15 is 0 Å². The van der Waals surface area contributed by atoms with Gasteiger partial charge in [0, 0.05) is 12.1 Å². The second kappa shape index (κ2) is 6.38. The van der Waals surface area contributed by atoms with Gasteiger partial charge in [0.2, 0.25) is 5.91 Å². The van der Waals surface area contributed by atoms with Gasteiger partial charge in [0.15, 0.2) is 3.77 Å². The first-order valence-electron chi connectivity index (χ1n) is 6.05. The van der Waals surface area contributed by atoms with Gasteiger partial charge in [0.05, 0.1) is 6.10 Å². The summed E-state index contributed by atoms with van der Waals surface area (Å²) < 4.78 is 6.12. The molecule has 0 bridgehead atoms. The second-order valence-electron chi connectivity index (χ2n) is 4.49. The van der Waals surface area contributed by atoms with Crippen LogP contribution >= 0.6 is 22.6 Å². The number of hydrogen-bond donors (Lipinski definition) is 2. The first kappa shape index (κ1) is 13.6. The molecule has 0 aromatic carbocycles. The zero-order chi connectivity index (χ0) is 13.0. The third-order valence-corrected chi connectivity index (χ3v) is 3.62. The lowest BCUT2D eigenvalue weighted by molar-refractivity contribution is -0.117. The molecule has 18 heavy (non-hydrogen) atoms. The van der Waals surface area contributed by atoms with E-state index in [0.29, 0.717) is 5.76 Å². The van der Waals surface area contributed by atoms with Crippen molar-refractivity contribution in [2.24, 2.45) is 0 Å². The van der Waals surface area contributed by atoms with Crippen LogP contribution in [0.15, 0.2) is 22.6 Å². The molecule has 0 aliphatic heterocycles. The number of aliphatic hydroxyl groups excluding tert-OH is 1. The maximum absolute atomic E-state index is 11.7. The van der Waals surface area contributed by atoms with Crippen molar-refractivity contribution in [3.05, 3.63) is 27.7 Å². The SMILES string of the molecule is O=C(/C=C/c1ccc(I)o1)NC1CCC(O)CC1. The highest BCUT2D eigenvalue weighted by atomic mass is 127. The zero-order valence-electron chi connectivity index (χ0n) is 9.93. The average Bonchev–Trinajstić information content (AvgIpc) is 2.76. The van der Waals surface area contributed by atoms with Gasteiger partial charge in [-0.2, -0.15) is 0 Å². The molecule has 1 aromatic rings. The molecule has 1 heterocycles. The van der Waals surface area contributed by atoms with Crippen LogP contribution in [-0.4, -0.2) is 23.2 Å². The third-order valence-electron chi connectivity index (χ3n) is 3.04. The fraction of sp³-hybridized carbons (Fsp3) is 0.462. The van der Waals surface area contributed by atoms with Crippen molar-refractivity contribution in [1.29, 1.82) is 0 Å². The minimum absolute atomic E-state index is 0.109. The molecule has 1 fully saturated rings. The number of rotatable bonds is 3. The summed E-state index contributed by atoms with van der Waals surface area (Å²) in [5.41, 5.74) is 0. The molecule has 0 spiro atoms. The van der Waals surface area contributed by atoms with E-state index in [0.717, 1.165) is 29.5 Å². The number of halogens is 1. The van der Waals surface area contributed by atoms with Gasteiger partial charge in [0.1, 0.15) is 5.76 Å². The first-order chi connectivity index (χ1) is 8.63. The molecule has 98 valence electrons. The van der Waals surface area contributed by atoms with Gasteiger partial charge in [0.25, 0.3) is 0 Å². The molecule has 2 rings (SSSR count). The Hall–Kier alpha value is -0.820. The van der Waals surface area contributed by atoms with Crippen molar-refractivity contribution in [3.63, 3.8) is 0 Å². The molecule has 4 nitrogen and oxygen atoms in total. The monoisotopic (exact) mass is 361 g/mol. The van der Waals surface area contributed by atoms with E-state index in [1.165, 1.54) is 6.08 Å². The summed E-state index contributed by atoms with van der Waals surface area (Å²) in [6, 6.07) is 3.85. The van der Waals surface area contributed by atoms with Crippen LogP contribution in [0.2, 0.25) is 0 Å². The number of nitrogens with one attached hydrogen (secondary N) is 1. The fourth-order valence-electron chi connectivity index (χ4n) is 2.05. The Morgan fingerprint density at radius 2 is 2.11 bits per heavy atom. The summed E-state index contributed by atoms with van der Waals surface area (Å²) in [4.78, 5) is 11.7.